The van der Waals surface area contributed by atoms with E-state index in [9.17, 15) is 4.79 Å². The maximum atomic E-state index is 12.4. The third kappa shape index (κ3) is 3.20. The van der Waals surface area contributed by atoms with E-state index < -0.39 is 0 Å². The molecule has 0 aromatic heterocycles. The Morgan fingerprint density at radius 2 is 1.90 bits per heavy atom. The van der Waals surface area contributed by atoms with Gasteiger partial charge >= 0.3 is 0 Å². The number of anilines is 1. The number of carbonyl (C=O) groups is 1. The number of hydrogen-bond donors (Lipinski definition) is 1. The molecule has 1 aliphatic rings. The van der Waals surface area contributed by atoms with Crippen LogP contribution in [0.5, 0.6) is 0 Å². The lowest BCUT2D eigenvalue weighted by Crippen LogP contribution is -2.18. The van der Waals surface area contributed by atoms with Gasteiger partial charge in [-0.1, -0.05) is 38.5 Å². The molecule has 0 bridgehead atoms. The van der Waals surface area contributed by atoms with Gasteiger partial charge in [-0.05, 0) is 44.2 Å². The number of rotatable bonds is 5. The normalized spacial score (nSPS) is 18.8. The fourth-order valence-corrected chi connectivity index (χ4v) is 3.07. The minimum absolute atomic E-state index is 0.288. The number of ketones is 1. The highest BCUT2D eigenvalue weighted by atomic mass is 16.1. The molecular weight excluding hydrogens is 258 g/mol. The Balaban J connectivity index is 2.47. The van der Waals surface area contributed by atoms with E-state index in [-0.39, 0.29) is 5.78 Å². The molecule has 1 N–H and O–H groups in total. The summed E-state index contributed by atoms with van der Waals surface area (Å²) in [6.07, 6.45) is 2.83. The van der Waals surface area contributed by atoms with E-state index in [2.05, 4.69) is 58.1 Å². The van der Waals surface area contributed by atoms with Gasteiger partial charge in [-0.3, -0.25) is 4.79 Å². The summed E-state index contributed by atoms with van der Waals surface area (Å²) in [7, 11) is 0. The van der Waals surface area contributed by atoms with Gasteiger partial charge in [-0.2, -0.15) is 0 Å². The first kappa shape index (κ1) is 15.8. The number of benzene rings is 1. The minimum Gasteiger partial charge on any atom is -0.382 e. The Morgan fingerprint density at radius 1 is 1.24 bits per heavy atom. The van der Waals surface area contributed by atoms with Gasteiger partial charge in [-0.15, -0.1) is 0 Å². The average Bonchev–Trinajstić information content (AvgIpc) is 2.70. The van der Waals surface area contributed by atoms with Crippen molar-refractivity contribution in [2.75, 3.05) is 5.32 Å². The molecule has 0 amide bonds. The lowest BCUT2D eigenvalue weighted by atomic mass is 9.97. The van der Waals surface area contributed by atoms with Gasteiger partial charge in [0, 0.05) is 29.3 Å². The van der Waals surface area contributed by atoms with Crippen molar-refractivity contribution in [1.29, 1.82) is 0 Å². The molecule has 114 valence electrons. The summed E-state index contributed by atoms with van der Waals surface area (Å²) in [5.41, 5.74) is 5.59. The quantitative estimate of drug-likeness (QED) is 0.826. The van der Waals surface area contributed by atoms with Crippen LogP contribution < -0.4 is 5.32 Å². The van der Waals surface area contributed by atoms with E-state index in [1.54, 1.807) is 0 Å². The van der Waals surface area contributed by atoms with Crippen LogP contribution in [0, 0.1) is 12.8 Å². The Morgan fingerprint density at radius 3 is 2.43 bits per heavy atom. The summed E-state index contributed by atoms with van der Waals surface area (Å²) in [5.74, 6) is 0.659. The highest BCUT2D eigenvalue weighted by Gasteiger charge is 2.29. The first-order valence-electron chi connectivity index (χ1n) is 8.09. The van der Waals surface area contributed by atoms with Crippen LogP contribution in [0.1, 0.15) is 58.1 Å². The zero-order valence-electron chi connectivity index (χ0n) is 13.9. The molecule has 1 atom stereocenters. The van der Waals surface area contributed by atoms with Crippen LogP contribution in [0.3, 0.4) is 0 Å². The van der Waals surface area contributed by atoms with Gasteiger partial charge in [0.05, 0.1) is 0 Å². The predicted molar refractivity (Wildman–Crippen MR) is 90.6 cm³/mol. The van der Waals surface area contributed by atoms with Crippen LogP contribution in [0.15, 0.2) is 23.8 Å². The van der Waals surface area contributed by atoms with E-state index in [0.717, 1.165) is 29.7 Å². The monoisotopic (exact) mass is 285 g/mol. The van der Waals surface area contributed by atoms with E-state index in [1.807, 2.05) is 0 Å². The number of carbonyl (C=O) groups excluding carboxylic acids is 1. The topological polar surface area (TPSA) is 29.1 Å². The van der Waals surface area contributed by atoms with Crippen molar-refractivity contribution in [3.63, 3.8) is 0 Å². The molecule has 1 aliphatic carbocycles. The Bertz CT molecular complexity index is 567. The SMILES string of the molecule is CCC(CC)Nc1cc(C)ccc1C1=C(C)C(C)CC1=O. The van der Waals surface area contributed by atoms with Crippen LogP contribution in [-0.4, -0.2) is 11.8 Å². The van der Waals surface area contributed by atoms with Crippen LogP contribution >= 0.6 is 0 Å². The second kappa shape index (κ2) is 6.46. The zero-order valence-corrected chi connectivity index (χ0v) is 13.9. The Kier molecular flexibility index (Phi) is 4.87. The van der Waals surface area contributed by atoms with Crippen LogP contribution in [-0.2, 0) is 4.79 Å². The van der Waals surface area contributed by atoms with Gasteiger partial charge in [0.15, 0.2) is 5.78 Å². The summed E-state index contributed by atoms with van der Waals surface area (Å²) >= 11 is 0. The predicted octanol–water partition coefficient (Wildman–Crippen LogP) is 4.98. The van der Waals surface area contributed by atoms with Crippen molar-refractivity contribution in [2.24, 2.45) is 5.92 Å². The van der Waals surface area contributed by atoms with Crippen molar-refractivity contribution in [2.45, 2.75) is 59.9 Å². The highest BCUT2D eigenvalue weighted by molar-refractivity contribution is 6.25. The second-order valence-corrected chi connectivity index (χ2v) is 6.29. The second-order valence-electron chi connectivity index (χ2n) is 6.29. The average molecular weight is 285 g/mol. The molecule has 0 heterocycles. The van der Waals surface area contributed by atoms with Gasteiger partial charge in [-0.25, -0.2) is 0 Å². The van der Waals surface area contributed by atoms with Crippen LogP contribution in [0.25, 0.3) is 5.57 Å². The molecule has 21 heavy (non-hydrogen) atoms. The van der Waals surface area contributed by atoms with Crippen molar-refractivity contribution < 1.29 is 4.79 Å². The van der Waals surface area contributed by atoms with Gasteiger partial charge in [0.25, 0.3) is 0 Å². The molecule has 2 nitrogen and oxygen atoms in total. The molecular formula is C19H27NO. The van der Waals surface area contributed by atoms with E-state index >= 15 is 0 Å². The minimum atomic E-state index is 0.288. The number of nitrogens with one attached hydrogen (secondary N) is 1. The maximum absolute atomic E-state index is 12.4. The van der Waals surface area contributed by atoms with Crippen molar-refractivity contribution in [3.8, 4) is 0 Å². The number of hydrogen-bond acceptors (Lipinski definition) is 2. The van der Waals surface area contributed by atoms with Crippen molar-refractivity contribution in [3.05, 3.63) is 34.9 Å². The first-order chi connectivity index (χ1) is 9.97. The van der Waals surface area contributed by atoms with Crippen molar-refractivity contribution in [1.82, 2.24) is 0 Å². The Labute approximate surface area is 128 Å². The third-order valence-electron chi connectivity index (χ3n) is 4.69. The molecule has 0 saturated carbocycles. The largest absolute Gasteiger partial charge is 0.382 e. The summed E-state index contributed by atoms with van der Waals surface area (Å²) < 4.78 is 0. The van der Waals surface area contributed by atoms with E-state index in [4.69, 9.17) is 0 Å². The summed E-state index contributed by atoms with van der Waals surface area (Å²) in [5, 5.41) is 3.63. The molecule has 0 saturated heterocycles. The number of Topliss-reactive ketones (excluding diaryl/α,β-unsaturated/α-hetero) is 1. The lowest BCUT2D eigenvalue weighted by molar-refractivity contribution is -0.113. The molecule has 0 aliphatic heterocycles. The van der Waals surface area contributed by atoms with Crippen molar-refractivity contribution >= 4 is 17.0 Å². The summed E-state index contributed by atoms with van der Waals surface area (Å²) in [6, 6.07) is 6.84. The molecule has 0 spiro atoms. The number of aryl methyl sites for hydroxylation is 1. The highest BCUT2D eigenvalue weighted by Crippen LogP contribution is 2.38. The third-order valence-corrected chi connectivity index (χ3v) is 4.69. The lowest BCUT2D eigenvalue weighted by Gasteiger charge is -2.20. The Hall–Kier alpha value is -1.57. The summed E-state index contributed by atoms with van der Waals surface area (Å²) in [6.45, 7) is 10.7. The fraction of sp³-hybridized carbons (Fsp3) is 0.526. The van der Waals surface area contributed by atoms with Crippen LogP contribution in [0.2, 0.25) is 0 Å². The molecule has 0 radical (unpaired) electrons. The number of allylic oxidation sites excluding steroid dienone is 2. The zero-order chi connectivity index (χ0) is 15.6. The molecule has 1 unspecified atom stereocenters. The van der Waals surface area contributed by atoms with Crippen LogP contribution in [0.4, 0.5) is 5.69 Å². The molecule has 2 heteroatoms. The van der Waals surface area contributed by atoms with Gasteiger partial charge in [0.1, 0.15) is 0 Å². The first-order valence-corrected chi connectivity index (χ1v) is 8.09. The fourth-order valence-electron chi connectivity index (χ4n) is 3.07. The molecule has 0 fully saturated rings. The van der Waals surface area contributed by atoms with Gasteiger partial charge < -0.3 is 5.32 Å². The van der Waals surface area contributed by atoms with Gasteiger partial charge in [0.2, 0.25) is 0 Å². The molecule has 2 rings (SSSR count). The standard InChI is InChI=1S/C19H27NO/c1-6-15(7-2)20-17-10-12(3)8-9-16(17)19-14(5)13(4)11-18(19)21/h8-10,13,15,20H,6-7,11H2,1-5H3. The van der Waals surface area contributed by atoms with E-state index in [1.165, 1.54) is 11.1 Å². The molecule has 1 aromatic rings. The van der Waals surface area contributed by atoms with E-state index in [0.29, 0.717) is 18.4 Å². The summed E-state index contributed by atoms with van der Waals surface area (Å²) in [4.78, 5) is 12.4. The maximum Gasteiger partial charge on any atom is 0.164 e. The molecule has 1 aromatic carbocycles. The smallest absolute Gasteiger partial charge is 0.164 e.